The van der Waals surface area contributed by atoms with E-state index in [2.05, 4.69) is 40.1 Å². The monoisotopic (exact) mass is 277 g/mol. The molecule has 0 saturated carbocycles. The molecule has 0 unspecified atom stereocenters. The number of hydrogen-bond donors (Lipinski definition) is 2. The summed E-state index contributed by atoms with van der Waals surface area (Å²) in [5.74, 6) is 1.91. The molecule has 3 N–H and O–H groups in total. The lowest BCUT2D eigenvalue weighted by Crippen LogP contribution is -2.50. The molecule has 0 atom stereocenters. The van der Waals surface area contributed by atoms with Gasteiger partial charge in [0.1, 0.15) is 11.6 Å². The molecule has 2 rings (SSSR count). The highest BCUT2D eigenvalue weighted by Gasteiger charge is 2.21. The summed E-state index contributed by atoms with van der Waals surface area (Å²) in [6.07, 6.45) is 2.27. The van der Waals surface area contributed by atoms with Crippen LogP contribution in [0.25, 0.3) is 0 Å². The van der Waals surface area contributed by atoms with E-state index in [1.165, 1.54) is 0 Å². The summed E-state index contributed by atoms with van der Waals surface area (Å²) in [5, 5.41) is 3.57. The first-order valence-corrected chi connectivity index (χ1v) is 7.43. The molecule has 2 heterocycles. The topological polar surface area (TPSA) is 67.1 Å². The van der Waals surface area contributed by atoms with Gasteiger partial charge in [0.25, 0.3) is 0 Å². The Balaban J connectivity index is 1.88. The van der Waals surface area contributed by atoms with Crippen LogP contribution in [0.2, 0.25) is 0 Å². The SMILES string of the molecule is Cc1cc(N2CCC(NCC(C)(C)N)CC2)nc(C)n1. The van der Waals surface area contributed by atoms with Crippen LogP contribution in [0.15, 0.2) is 6.07 Å². The number of nitrogens with zero attached hydrogens (tertiary/aromatic N) is 3. The summed E-state index contributed by atoms with van der Waals surface area (Å²) in [6.45, 7) is 11.0. The fourth-order valence-electron chi connectivity index (χ4n) is 2.58. The molecule has 0 aliphatic carbocycles. The Hall–Kier alpha value is -1.20. The van der Waals surface area contributed by atoms with Crippen LogP contribution in [0.4, 0.5) is 5.82 Å². The van der Waals surface area contributed by atoms with Crippen LogP contribution in [0.1, 0.15) is 38.2 Å². The minimum Gasteiger partial charge on any atom is -0.356 e. The minimum atomic E-state index is -0.141. The molecule has 1 aromatic rings. The number of nitrogens with two attached hydrogens (primary N) is 1. The Kier molecular flexibility index (Phi) is 4.60. The Bertz CT molecular complexity index is 424. The van der Waals surface area contributed by atoms with Crippen molar-refractivity contribution >= 4 is 5.82 Å². The Morgan fingerprint density at radius 2 is 1.95 bits per heavy atom. The van der Waals surface area contributed by atoms with Crippen molar-refractivity contribution in [3.05, 3.63) is 17.6 Å². The van der Waals surface area contributed by atoms with Crippen LogP contribution in [-0.2, 0) is 0 Å². The maximum Gasteiger partial charge on any atom is 0.132 e. The van der Waals surface area contributed by atoms with E-state index in [9.17, 15) is 0 Å². The van der Waals surface area contributed by atoms with Gasteiger partial charge in [0.15, 0.2) is 0 Å². The van der Waals surface area contributed by atoms with Crippen molar-refractivity contribution in [2.45, 2.75) is 52.1 Å². The fourth-order valence-corrected chi connectivity index (χ4v) is 2.58. The van der Waals surface area contributed by atoms with Gasteiger partial charge in [0.05, 0.1) is 0 Å². The van der Waals surface area contributed by atoms with Crippen LogP contribution >= 0.6 is 0 Å². The Morgan fingerprint density at radius 3 is 2.50 bits per heavy atom. The van der Waals surface area contributed by atoms with Gasteiger partial charge < -0.3 is 16.0 Å². The zero-order valence-corrected chi connectivity index (χ0v) is 13.1. The van der Waals surface area contributed by atoms with Crippen molar-refractivity contribution in [2.75, 3.05) is 24.5 Å². The maximum atomic E-state index is 6.01. The van der Waals surface area contributed by atoms with Gasteiger partial charge in [-0.05, 0) is 40.5 Å². The molecule has 0 aromatic carbocycles. The van der Waals surface area contributed by atoms with Crippen LogP contribution in [0.3, 0.4) is 0 Å². The second-order valence-electron chi connectivity index (χ2n) is 6.55. The molecule has 0 bridgehead atoms. The number of anilines is 1. The lowest BCUT2D eigenvalue weighted by molar-refractivity contribution is 0.368. The summed E-state index contributed by atoms with van der Waals surface area (Å²) < 4.78 is 0. The fraction of sp³-hybridized carbons (Fsp3) is 0.733. The minimum absolute atomic E-state index is 0.141. The van der Waals surface area contributed by atoms with Crippen LogP contribution in [-0.4, -0.2) is 41.2 Å². The van der Waals surface area contributed by atoms with E-state index in [0.717, 1.165) is 49.8 Å². The number of nitrogens with one attached hydrogen (secondary N) is 1. The molecule has 1 fully saturated rings. The summed E-state index contributed by atoms with van der Waals surface area (Å²) in [7, 11) is 0. The molecule has 112 valence electrons. The summed E-state index contributed by atoms with van der Waals surface area (Å²) in [6, 6.07) is 2.64. The Labute approximate surface area is 122 Å². The second kappa shape index (κ2) is 6.06. The number of hydrogen-bond acceptors (Lipinski definition) is 5. The molecule has 1 aromatic heterocycles. The van der Waals surface area contributed by atoms with E-state index < -0.39 is 0 Å². The molecule has 5 nitrogen and oxygen atoms in total. The highest BCUT2D eigenvalue weighted by Crippen LogP contribution is 2.19. The standard InChI is InChI=1S/C15H27N5/c1-11-9-14(19-12(2)18-11)20-7-5-13(6-8-20)17-10-15(3,4)16/h9,13,17H,5-8,10,16H2,1-4H3. The van der Waals surface area contributed by atoms with E-state index in [-0.39, 0.29) is 5.54 Å². The first kappa shape index (κ1) is 15.2. The molecule has 0 amide bonds. The van der Waals surface area contributed by atoms with Crippen molar-refractivity contribution in [2.24, 2.45) is 5.73 Å². The third kappa shape index (κ3) is 4.42. The number of rotatable bonds is 4. The van der Waals surface area contributed by atoms with Crippen LogP contribution in [0.5, 0.6) is 0 Å². The smallest absolute Gasteiger partial charge is 0.132 e. The molecule has 5 heteroatoms. The molecule has 0 spiro atoms. The van der Waals surface area contributed by atoms with Gasteiger partial charge in [0, 0.05) is 43.0 Å². The van der Waals surface area contributed by atoms with Crippen molar-refractivity contribution in [3.8, 4) is 0 Å². The van der Waals surface area contributed by atoms with Gasteiger partial charge in [-0.2, -0.15) is 0 Å². The van der Waals surface area contributed by atoms with E-state index in [0.29, 0.717) is 6.04 Å². The molecule has 1 aliphatic heterocycles. The summed E-state index contributed by atoms with van der Waals surface area (Å²) in [5.41, 5.74) is 6.91. The lowest BCUT2D eigenvalue weighted by Gasteiger charge is -2.34. The largest absolute Gasteiger partial charge is 0.356 e. The number of aromatic nitrogens is 2. The first-order chi connectivity index (χ1) is 9.33. The van der Waals surface area contributed by atoms with Crippen LogP contribution < -0.4 is 16.0 Å². The van der Waals surface area contributed by atoms with Crippen molar-refractivity contribution in [1.29, 1.82) is 0 Å². The van der Waals surface area contributed by atoms with E-state index >= 15 is 0 Å². The van der Waals surface area contributed by atoms with Crippen molar-refractivity contribution in [3.63, 3.8) is 0 Å². The predicted molar refractivity (Wildman–Crippen MR) is 83.0 cm³/mol. The highest BCUT2D eigenvalue weighted by atomic mass is 15.2. The molecule has 1 aliphatic rings. The molecular formula is C15H27N5. The van der Waals surface area contributed by atoms with Crippen LogP contribution in [0, 0.1) is 13.8 Å². The van der Waals surface area contributed by atoms with Gasteiger partial charge in [-0.15, -0.1) is 0 Å². The normalized spacial score (nSPS) is 17.6. The van der Waals surface area contributed by atoms with Gasteiger partial charge in [-0.25, -0.2) is 9.97 Å². The highest BCUT2D eigenvalue weighted by molar-refractivity contribution is 5.40. The van der Waals surface area contributed by atoms with Crippen molar-refractivity contribution in [1.82, 2.24) is 15.3 Å². The van der Waals surface area contributed by atoms with E-state index in [1.807, 2.05) is 13.8 Å². The zero-order chi connectivity index (χ0) is 14.8. The lowest BCUT2D eigenvalue weighted by atomic mass is 10.0. The molecular weight excluding hydrogens is 250 g/mol. The first-order valence-electron chi connectivity index (χ1n) is 7.43. The predicted octanol–water partition coefficient (Wildman–Crippen LogP) is 1.39. The van der Waals surface area contributed by atoms with Gasteiger partial charge >= 0.3 is 0 Å². The average molecular weight is 277 g/mol. The third-order valence-electron chi connectivity index (χ3n) is 3.62. The maximum absolute atomic E-state index is 6.01. The molecule has 0 radical (unpaired) electrons. The average Bonchev–Trinajstić information content (AvgIpc) is 2.35. The molecule has 20 heavy (non-hydrogen) atoms. The summed E-state index contributed by atoms with van der Waals surface area (Å²) >= 11 is 0. The van der Waals surface area contributed by atoms with E-state index in [4.69, 9.17) is 5.73 Å². The van der Waals surface area contributed by atoms with Crippen molar-refractivity contribution < 1.29 is 0 Å². The number of piperidine rings is 1. The van der Waals surface area contributed by atoms with Gasteiger partial charge in [-0.3, -0.25) is 0 Å². The molecule has 1 saturated heterocycles. The van der Waals surface area contributed by atoms with Gasteiger partial charge in [-0.1, -0.05) is 0 Å². The Morgan fingerprint density at radius 1 is 1.30 bits per heavy atom. The zero-order valence-electron chi connectivity index (χ0n) is 13.1. The summed E-state index contributed by atoms with van der Waals surface area (Å²) in [4.78, 5) is 11.2. The second-order valence-corrected chi connectivity index (χ2v) is 6.55. The van der Waals surface area contributed by atoms with E-state index in [1.54, 1.807) is 0 Å². The quantitative estimate of drug-likeness (QED) is 0.870. The van der Waals surface area contributed by atoms with Gasteiger partial charge in [0.2, 0.25) is 0 Å². The third-order valence-corrected chi connectivity index (χ3v) is 3.62. The number of aryl methyl sites for hydroxylation is 2.